The SMILES string of the molecule is CCOc1cc(C=NN=C(N)N)c(Br)cc1OC. The van der Waals surface area contributed by atoms with Gasteiger partial charge in [0.1, 0.15) is 0 Å². The molecule has 0 atom stereocenters. The van der Waals surface area contributed by atoms with Crippen molar-refractivity contribution in [2.75, 3.05) is 13.7 Å². The fraction of sp³-hybridized carbons (Fsp3) is 0.273. The molecule has 0 aromatic heterocycles. The van der Waals surface area contributed by atoms with Crippen LogP contribution in [0.3, 0.4) is 0 Å². The largest absolute Gasteiger partial charge is 0.493 e. The van der Waals surface area contributed by atoms with E-state index in [2.05, 4.69) is 26.1 Å². The average molecular weight is 315 g/mol. The Balaban J connectivity index is 3.08. The zero-order valence-corrected chi connectivity index (χ0v) is 11.8. The lowest BCUT2D eigenvalue weighted by atomic mass is 10.2. The third kappa shape index (κ3) is 3.92. The quantitative estimate of drug-likeness (QED) is 0.488. The molecule has 0 saturated carbocycles. The molecule has 0 spiro atoms. The second-order valence-electron chi connectivity index (χ2n) is 3.23. The molecule has 0 fully saturated rings. The van der Waals surface area contributed by atoms with Gasteiger partial charge in [-0.05, 0) is 35.0 Å². The van der Waals surface area contributed by atoms with Crippen LogP contribution in [0.15, 0.2) is 26.8 Å². The Morgan fingerprint density at radius 1 is 1.39 bits per heavy atom. The van der Waals surface area contributed by atoms with Crippen LogP contribution in [0.25, 0.3) is 0 Å². The van der Waals surface area contributed by atoms with Crippen molar-refractivity contribution in [1.82, 2.24) is 0 Å². The Morgan fingerprint density at radius 3 is 2.67 bits per heavy atom. The topological polar surface area (TPSA) is 95.2 Å². The molecule has 6 nitrogen and oxygen atoms in total. The van der Waals surface area contributed by atoms with Crippen molar-refractivity contribution < 1.29 is 9.47 Å². The van der Waals surface area contributed by atoms with E-state index >= 15 is 0 Å². The summed E-state index contributed by atoms with van der Waals surface area (Å²) in [5.74, 6) is 1.18. The van der Waals surface area contributed by atoms with Crippen molar-refractivity contribution in [3.63, 3.8) is 0 Å². The molecule has 0 aliphatic carbocycles. The van der Waals surface area contributed by atoms with Gasteiger partial charge in [0.2, 0.25) is 5.96 Å². The van der Waals surface area contributed by atoms with Crippen LogP contribution < -0.4 is 20.9 Å². The molecule has 4 N–H and O–H groups in total. The summed E-state index contributed by atoms with van der Waals surface area (Å²) in [7, 11) is 1.58. The summed E-state index contributed by atoms with van der Waals surface area (Å²) in [6.45, 7) is 2.44. The van der Waals surface area contributed by atoms with Crippen LogP contribution in [0.5, 0.6) is 11.5 Å². The minimum absolute atomic E-state index is 0.0964. The van der Waals surface area contributed by atoms with Crippen LogP contribution in [-0.2, 0) is 0 Å². The van der Waals surface area contributed by atoms with Crippen molar-refractivity contribution in [3.8, 4) is 11.5 Å². The Bertz CT molecular complexity index is 470. The van der Waals surface area contributed by atoms with Gasteiger partial charge in [-0.3, -0.25) is 0 Å². The van der Waals surface area contributed by atoms with Crippen molar-refractivity contribution in [3.05, 3.63) is 22.2 Å². The van der Waals surface area contributed by atoms with Crippen molar-refractivity contribution in [2.45, 2.75) is 6.92 Å². The number of ether oxygens (including phenoxy) is 2. The summed E-state index contributed by atoms with van der Waals surface area (Å²) >= 11 is 3.40. The number of benzene rings is 1. The maximum absolute atomic E-state index is 5.46. The summed E-state index contributed by atoms with van der Waals surface area (Å²) in [5, 5.41) is 7.27. The molecule has 0 radical (unpaired) electrons. The molecule has 1 rings (SSSR count). The zero-order valence-electron chi connectivity index (χ0n) is 10.2. The van der Waals surface area contributed by atoms with Gasteiger partial charge >= 0.3 is 0 Å². The number of guanidine groups is 1. The van der Waals surface area contributed by atoms with E-state index in [1.165, 1.54) is 6.21 Å². The van der Waals surface area contributed by atoms with Crippen LogP contribution >= 0.6 is 15.9 Å². The summed E-state index contributed by atoms with van der Waals surface area (Å²) in [6.07, 6.45) is 1.52. The van der Waals surface area contributed by atoms with E-state index < -0.39 is 0 Å². The van der Waals surface area contributed by atoms with Crippen LogP contribution in [0.4, 0.5) is 0 Å². The number of nitrogens with zero attached hydrogens (tertiary/aromatic N) is 2. The van der Waals surface area contributed by atoms with Gasteiger partial charge in [-0.2, -0.15) is 5.10 Å². The molecule has 0 unspecified atom stereocenters. The standard InChI is InChI=1S/C11H15BrN4O2/c1-3-18-10-4-7(6-15-16-11(13)14)8(12)5-9(10)17-2/h4-6H,3H2,1-2H3,(H4,13,14,16). The van der Waals surface area contributed by atoms with E-state index in [0.717, 1.165) is 10.0 Å². The number of hydrogen-bond donors (Lipinski definition) is 2. The molecule has 0 saturated heterocycles. The lowest BCUT2D eigenvalue weighted by Crippen LogP contribution is -2.21. The van der Waals surface area contributed by atoms with Crippen LogP contribution in [0.1, 0.15) is 12.5 Å². The molecule has 1 aromatic rings. The second kappa shape index (κ2) is 6.85. The summed E-state index contributed by atoms with van der Waals surface area (Å²) in [4.78, 5) is 0. The second-order valence-corrected chi connectivity index (χ2v) is 4.08. The summed E-state index contributed by atoms with van der Waals surface area (Å²) in [6, 6.07) is 3.58. The van der Waals surface area contributed by atoms with E-state index in [0.29, 0.717) is 18.1 Å². The van der Waals surface area contributed by atoms with Gasteiger partial charge < -0.3 is 20.9 Å². The molecule has 1 aromatic carbocycles. The highest BCUT2D eigenvalue weighted by atomic mass is 79.9. The maximum atomic E-state index is 5.46. The first-order valence-corrected chi connectivity index (χ1v) is 6.00. The molecular formula is C11H15BrN4O2. The molecule has 7 heteroatoms. The Hall–Kier alpha value is -1.76. The van der Waals surface area contributed by atoms with Gasteiger partial charge in [0.05, 0.1) is 19.9 Å². The number of halogens is 1. The van der Waals surface area contributed by atoms with E-state index in [4.69, 9.17) is 20.9 Å². The monoisotopic (exact) mass is 314 g/mol. The smallest absolute Gasteiger partial charge is 0.211 e. The predicted molar refractivity (Wildman–Crippen MR) is 75.3 cm³/mol. The predicted octanol–water partition coefficient (Wildman–Crippen LogP) is 1.46. The van der Waals surface area contributed by atoms with Gasteiger partial charge in [-0.15, -0.1) is 5.10 Å². The molecule has 18 heavy (non-hydrogen) atoms. The number of methoxy groups -OCH3 is 1. The maximum Gasteiger partial charge on any atom is 0.211 e. The van der Waals surface area contributed by atoms with Crippen LogP contribution in [0.2, 0.25) is 0 Å². The van der Waals surface area contributed by atoms with E-state index in [1.54, 1.807) is 19.2 Å². The first-order valence-electron chi connectivity index (χ1n) is 5.20. The Labute approximate surface area is 114 Å². The Kier molecular flexibility index (Phi) is 5.44. The first kappa shape index (κ1) is 14.3. The molecule has 0 aliphatic rings. The minimum Gasteiger partial charge on any atom is -0.493 e. The molecule has 0 bridgehead atoms. The highest BCUT2D eigenvalue weighted by molar-refractivity contribution is 9.10. The Morgan fingerprint density at radius 2 is 2.11 bits per heavy atom. The molecule has 0 aliphatic heterocycles. The van der Waals surface area contributed by atoms with Gasteiger partial charge in [0.15, 0.2) is 11.5 Å². The zero-order chi connectivity index (χ0) is 13.5. The number of rotatable bonds is 5. The van der Waals surface area contributed by atoms with Crippen molar-refractivity contribution in [1.29, 1.82) is 0 Å². The number of nitrogens with two attached hydrogens (primary N) is 2. The highest BCUT2D eigenvalue weighted by Gasteiger charge is 2.08. The molecule has 0 heterocycles. The lowest BCUT2D eigenvalue weighted by molar-refractivity contribution is 0.311. The third-order valence-corrected chi connectivity index (χ3v) is 2.64. The van der Waals surface area contributed by atoms with E-state index in [-0.39, 0.29) is 5.96 Å². The molecule has 98 valence electrons. The van der Waals surface area contributed by atoms with Gasteiger partial charge in [0, 0.05) is 10.0 Å². The fourth-order valence-electron chi connectivity index (χ4n) is 1.24. The van der Waals surface area contributed by atoms with Gasteiger partial charge in [-0.25, -0.2) is 0 Å². The van der Waals surface area contributed by atoms with Crippen molar-refractivity contribution >= 4 is 28.1 Å². The van der Waals surface area contributed by atoms with E-state index in [1.807, 2.05) is 6.92 Å². The normalized spacial score (nSPS) is 10.4. The minimum atomic E-state index is -0.0964. The lowest BCUT2D eigenvalue weighted by Gasteiger charge is -2.10. The molecule has 0 amide bonds. The van der Waals surface area contributed by atoms with Crippen LogP contribution in [0, 0.1) is 0 Å². The van der Waals surface area contributed by atoms with Gasteiger partial charge in [0.25, 0.3) is 0 Å². The van der Waals surface area contributed by atoms with E-state index in [9.17, 15) is 0 Å². The van der Waals surface area contributed by atoms with Gasteiger partial charge in [-0.1, -0.05) is 0 Å². The highest BCUT2D eigenvalue weighted by Crippen LogP contribution is 2.32. The number of hydrogen-bond acceptors (Lipinski definition) is 4. The summed E-state index contributed by atoms with van der Waals surface area (Å²) < 4.78 is 11.5. The fourth-order valence-corrected chi connectivity index (χ4v) is 1.66. The van der Waals surface area contributed by atoms with Crippen LogP contribution in [-0.4, -0.2) is 25.9 Å². The van der Waals surface area contributed by atoms with Crippen molar-refractivity contribution in [2.24, 2.45) is 21.7 Å². The molecular weight excluding hydrogens is 300 g/mol. The first-order chi connectivity index (χ1) is 8.58. The summed E-state index contributed by atoms with van der Waals surface area (Å²) in [5.41, 5.74) is 11.1. The third-order valence-electron chi connectivity index (χ3n) is 1.95. The average Bonchev–Trinajstić information content (AvgIpc) is 2.32.